The lowest BCUT2D eigenvalue weighted by molar-refractivity contribution is -0.121. The maximum atomic E-state index is 12.0. The van der Waals surface area contributed by atoms with Crippen LogP contribution in [0.15, 0.2) is 18.2 Å². The number of hydrogen-bond donors (Lipinski definition) is 2. The Morgan fingerprint density at radius 3 is 2.81 bits per heavy atom. The van der Waals surface area contributed by atoms with Crippen molar-refractivity contribution >= 4 is 5.91 Å². The van der Waals surface area contributed by atoms with E-state index < -0.39 is 0 Å². The molecule has 5 nitrogen and oxygen atoms in total. The van der Waals surface area contributed by atoms with Crippen LogP contribution in [0.3, 0.4) is 0 Å². The van der Waals surface area contributed by atoms with E-state index >= 15 is 0 Å². The lowest BCUT2D eigenvalue weighted by Gasteiger charge is -2.23. The lowest BCUT2D eigenvalue weighted by Crippen LogP contribution is -2.45. The Labute approximate surface area is 126 Å². The first-order valence-electron chi connectivity index (χ1n) is 7.44. The summed E-state index contributed by atoms with van der Waals surface area (Å²) in [5.74, 6) is 1.52. The van der Waals surface area contributed by atoms with Crippen LogP contribution in [0.4, 0.5) is 0 Å². The standard InChI is InChI=1S/C16H24N2O3/c1-20-14-7-5-12(10-15(14)21-2)6-8-16(19)18-13-4-3-9-17-11-13/h5,7,10,13,17H,3-4,6,8-9,11H2,1-2H3,(H,18,19)/t13-/m0/s1. The Morgan fingerprint density at radius 2 is 2.14 bits per heavy atom. The quantitative estimate of drug-likeness (QED) is 0.834. The van der Waals surface area contributed by atoms with Crippen molar-refractivity contribution in [2.75, 3.05) is 27.3 Å². The molecule has 1 aliphatic heterocycles. The first-order chi connectivity index (χ1) is 10.2. The Balaban J connectivity index is 1.83. The van der Waals surface area contributed by atoms with E-state index in [1.807, 2.05) is 18.2 Å². The minimum absolute atomic E-state index is 0.110. The van der Waals surface area contributed by atoms with Gasteiger partial charge in [-0.2, -0.15) is 0 Å². The van der Waals surface area contributed by atoms with E-state index in [9.17, 15) is 4.79 Å². The van der Waals surface area contributed by atoms with Crippen LogP contribution in [0.25, 0.3) is 0 Å². The Kier molecular flexibility index (Phi) is 5.87. The van der Waals surface area contributed by atoms with Gasteiger partial charge >= 0.3 is 0 Å². The molecule has 2 N–H and O–H groups in total. The van der Waals surface area contributed by atoms with E-state index in [4.69, 9.17) is 9.47 Å². The average molecular weight is 292 g/mol. The zero-order valence-corrected chi connectivity index (χ0v) is 12.8. The SMILES string of the molecule is COc1ccc(CCC(=O)N[C@H]2CCCNC2)cc1OC. The van der Waals surface area contributed by atoms with Crippen LogP contribution in [0.2, 0.25) is 0 Å². The number of amides is 1. The molecule has 0 unspecified atom stereocenters. The number of carbonyl (C=O) groups excluding carboxylic acids is 1. The van der Waals surface area contributed by atoms with Crippen molar-refractivity contribution in [2.45, 2.75) is 31.7 Å². The van der Waals surface area contributed by atoms with Crippen LogP contribution >= 0.6 is 0 Å². The molecule has 0 bridgehead atoms. The molecular formula is C16H24N2O3. The van der Waals surface area contributed by atoms with Crippen LogP contribution in [-0.2, 0) is 11.2 Å². The number of methoxy groups -OCH3 is 2. The zero-order chi connectivity index (χ0) is 15.1. The van der Waals surface area contributed by atoms with Crippen LogP contribution in [0.1, 0.15) is 24.8 Å². The first-order valence-corrected chi connectivity index (χ1v) is 7.44. The minimum Gasteiger partial charge on any atom is -0.493 e. The van der Waals surface area contributed by atoms with Crippen LogP contribution < -0.4 is 20.1 Å². The zero-order valence-electron chi connectivity index (χ0n) is 12.8. The van der Waals surface area contributed by atoms with E-state index in [1.165, 1.54) is 0 Å². The molecule has 1 aromatic rings. The van der Waals surface area contributed by atoms with Gasteiger partial charge in [-0.3, -0.25) is 4.79 Å². The molecule has 0 spiro atoms. The molecule has 0 aliphatic carbocycles. The summed E-state index contributed by atoms with van der Waals surface area (Å²) >= 11 is 0. The largest absolute Gasteiger partial charge is 0.493 e. The summed E-state index contributed by atoms with van der Waals surface area (Å²) in [6.07, 6.45) is 3.38. The number of hydrogen-bond acceptors (Lipinski definition) is 4. The van der Waals surface area contributed by atoms with Gasteiger partial charge in [0.25, 0.3) is 0 Å². The Morgan fingerprint density at radius 1 is 1.33 bits per heavy atom. The van der Waals surface area contributed by atoms with E-state index in [0.29, 0.717) is 24.3 Å². The molecule has 116 valence electrons. The lowest BCUT2D eigenvalue weighted by atomic mass is 10.1. The van der Waals surface area contributed by atoms with Crippen LogP contribution in [0, 0.1) is 0 Å². The molecule has 21 heavy (non-hydrogen) atoms. The average Bonchev–Trinajstić information content (AvgIpc) is 2.53. The molecule has 1 fully saturated rings. The van der Waals surface area contributed by atoms with E-state index in [-0.39, 0.29) is 11.9 Å². The number of ether oxygens (including phenoxy) is 2. The molecule has 0 saturated carbocycles. The van der Waals surface area contributed by atoms with Crippen molar-refractivity contribution < 1.29 is 14.3 Å². The second-order valence-corrected chi connectivity index (χ2v) is 5.30. The Hall–Kier alpha value is -1.75. The van der Waals surface area contributed by atoms with Crippen molar-refractivity contribution in [1.82, 2.24) is 10.6 Å². The second-order valence-electron chi connectivity index (χ2n) is 5.30. The van der Waals surface area contributed by atoms with Gasteiger partial charge in [-0.05, 0) is 43.5 Å². The molecule has 2 rings (SSSR count). The highest BCUT2D eigenvalue weighted by atomic mass is 16.5. The highest BCUT2D eigenvalue weighted by Crippen LogP contribution is 2.27. The number of piperidine rings is 1. The molecular weight excluding hydrogens is 268 g/mol. The summed E-state index contributed by atoms with van der Waals surface area (Å²) in [5, 5.41) is 6.38. The van der Waals surface area contributed by atoms with Gasteiger partial charge in [0.05, 0.1) is 14.2 Å². The van der Waals surface area contributed by atoms with Gasteiger partial charge in [0.15, 0.2) is 11.5 Å². The van der Waals surface area contributed by atoms with Crippen LogP contribution in [-0.4, -0.2) is 39.3 Å². The highest BCUT2D eigenvalue weighted by Gasteiger charge is 2.15. The van der Waals surface area contributed by atoms with Gasteiger partial charge < -0.3 is 20.1 Å². The predicted molar refractivity (Wildman–Crippen MR) is 81.9 cm³/mol. The van der Waals surface area contributed by atoms with Crippen molar-refractivity contribution in [2.24, 2.45) is 0 Å². The molecule has 1 atom stereocenters. The molecule has 1 aliphatic rings. The van der Waals surface area contributed by atoms with Gasteiger partial charge in [0.2, 0.25) is 5.91 Å². The van der Waals surface area contributed by atoms with Crippen molar-refractivity contribution in [3.05, 3.63) is 23.8 Å². The number of carbonyl (C=O) groups is 1. The van der Waals surface area contributed by atoms with Gasteiger partial charge in [-0.1, -0.05) is 6.07 Å². The number of nitrogens with one attached hydrogen (secondary N) is 2. The maximum Gasteiger partial charge on any atom is 0.220 e. The summed E-state index contributed by atoms with van der Waals surface area (Å²) in [6, 6.07) is 6.04. The highest BCUT2D eigenvalue weighted by molar-refractivity contribution is 5.76. The molecule has 0 aromatic heterocycles. The predicted octanol–water partition coefficient (Wildman–Crippen LogP) is 1.50. The van der Waals surface area contributed by atoms with Crippen molar-refractivity contribution in [3.8, 4) is 11.5 Å². The van der Waals surface area contributed by atoms with Crippen LogP contribution in [0.5, 0.6) is 11.5 Å². The fraction of sp³-hybridized carbons (Fsp3) is 0.562. The first kappa shape index (κ1) is 15.6. The maximum absolute atomic E-state index is 12.0. The van der Waals surface area contributed by atoms with E-state index in [2.05, 4.69) is 10.6 Å². The monoisotopic (exact) mass is 292 g/mol. The van der Waals surface area contributed by atoms with Gasteiger partial charge in [-0.15, -0.1) is 0 Å². The van der Waals surface area contributed by atoms with Gasteiger partial charge in [-0.25, -0.2) is 0 Å². The summed E-state index contributed by atoms with van der Waals surface area (Å²) in [4.78, 5) is 12.0. The summed E-state index contributed by atoms with van der Waals surface area (Å²) < 4.78 is 10.5. The third-order valence-electron chi connectivity index (χ3n) is 3.75. The summed E-state index contributed by atoms with van der Waals surface area (Å²) in [7, 11) is 3.23. The fourth-order valence-corrected chi connectivity index (χ4v) is 2.57. The molecule has 1 aromatic carbocycles. The van der Waals surface area contributed by atoms with Gasteiger partial charge in [0, 0.05) is 19.0 Å². The topological polar surface area (TPSA) is 59.6 Å². The number of aryl methyl sites for hydroxylation is 1. The van der Waals surface area contributed by atoms with Gasteiger partial charge in [0.1, 0.15) is 0 Å². The summed E-state index contributed by atoms with van der Waals surface area (Å²) in [6.45, 7) is 1.93. The number of rotatable bonds is 6. The molecule has 1 saturated heterocycles. The third-order valence-corrected chi connectivity index (χ3v) is 3.75. The fourth-order valence-electron chi connectivity index (χ4n) is 2.57. The smallest absolute Gasteiger partial charge is 0.220 e. The third kappa shape index (κ3) is 4.63. The van der Waals surface area contributed by atoms with Crippen molar-refractivity contribution in [1.29, 1.82) is 0 Å². The molecule has 1 heterocycles. The second kappa shape index (κ2) is 7.88. The molecule has 0 radical (unpaired) electrons. The van der Waals surface area contributed by atoms with E-state index in [0.717, 1.165) is 31.5 Å². The minimum atomic E-state index is 0.110. The molecule has 5 heteroatoms. The number of benzene rings is 1. The van der Waals surface area contributed by atoms with Crippen molar-refractivity contribution in [3.63, 3.8) is 0 Å². The van der Waals surface area contributed by atoms with E-state index in [1.54, 1.807) is 14.2 Å². The summed E-state index contributed by atoms with van der Waals surface area (Å²) in [5.41, 5.74) is 1.07. The normalized spacial score (nSPS) is 18.1. The molecule has 1 amide bonds. The Bertz CT molecular complexity index is 471.